The van der Waals surface area contributed by atoms with Crippen LogP contribution in [-0.2, 0) is 6.42 Å². The zero-order chi connectivity index (χ0) is 18.6. The maximum Gasteiger partial charge on any atom is 0.272 e. The zero-order valence-electron chi connectivity index (χ0n) is 14.8. The summed E-state index contributed by atoms with van der Waals surface area (Å²) in [6.45, 7) is 1.28. The summed E-state index contributed by atoms with van der Waals surface area (Å²) in [6.07, 6.45) is 5.63. The third kappa shape index (κ3) is 4.05. The molecule has 0 saturated carbocycles. The minimum atomic E-state index is -0.261. The molecule has 1 saturated heterocycles. The van der Waals surface area contributed by atoms with E-state index in [1.165, 1.54) is 12.1 Å². The van der Waals surface area contributed by atoms with E-state index in [0.717, 1.165) is 18.4 Å². The maximum atomic E-state index is 13.3. The molecule has 1 amide bonds. The highest BCUT2D eigenvalue weighted by atomic mass is 19.1. The van der Waals surface area contributed by atoms with Crippen LogP contribution in [-0.4, -0.2) is 33.9 Å². The van der Waals surface area contributed by atoms with E-state index in [9.17, 15) is 9.18 Å². The monoisotopic (exact) mass is 365 g/mol. The second-order valence-electron chi connectivity index (χ2n) is 6.78. The first kappa shape index (κ1) is 17.4. The summed E-state index contributed by atoms with van der Waals surface area (Å²) in [7, 11) is 0. The number of halogens is 1. The molecule has 0 N–H and O–H groups in total. The summed E-state index contributed by atoms with van der Waals surface area (Å²) in [5.74, 6) is 1.08. The Labute approximate surface area is 156 Å². The molecular formula is C21H20FN3O2. The molecule has 1 aliphatic heterocycles. The fourth-order valence-electron chi connectivity index (χ4n) is 3.46. The van der Waals surface area contributed by atoms with Crippen molar-refractivity contribution in [3.8, 4) is 0 Å². The molecule has 0 unspecified atom stereocenters. The minimum absolute atomic E-state index is 0.0627. The number of hydrogen-bond donors (Lipinski definition) is 0. The number of rotatable bonds is 4. The van der Waals surface area contributed by atoms with Gasteiger partial charge in [0.2, 0.25) is 0 Å². The largest absolute Gasteiger partial charge is 0.445 e. The first-order valence-corrected chi connectivity index (χ1v) is 9.08. The Morgan fingerprint density at radius 1 is 1.22 bits per heavy atom. The van der Waals surface area contributed by atoms with Crippen molar-refractivity contribution in [2.45, 2.75) is 25.2 Å². The molecule has 3 heterocycles. The fourth-order valence-corrected chi connectivity index (χ4v) is 3.46. The highest BCUT2D eigenvalue weighted by molar-refractivity contribution is 5.92. The van der Waals surface area contributed by atoms with Crippen molar-refractivity contribution >= 4 is 5.91 Å². The molecule has 138 valence electrons. The number of piperidine rings is 1. The number of hydrogen-bond acceptors (Lipinski definition) is 4. The number of likely N-dealkylation sites (tertiary alicyclic amines) is 1. The SMILES string of the molecule is O=C(c1ccccn1)N1CCC[C@@H](c2ncc(Cc3cccc(F)c3)o2)C1. The van der Waals surface area contributed by atoms with Crippen LogP contribution in [0.1, 0.15) is 46.5 Å². The van der Waals surface area contributed by atoms with Crippen LogP contribution in [0.25, 0.3) is 0 Å². The van der Waals surface area contributed by atoms with Gasteiger partial charge in [-0.3, -0.25) is 9.78 Å². The van der Waals surface area contributed by atoms with Gasteiger partial charge >= 0.3 is 0 Å². The van der Waals surface area contributed by atoms with Crippen LogP contribution in [0.4, 0.5) is 4.39 Å². The van der Waals surface area contributed by atoms with Crippen LogP contribution in [0, 0.1) is 5.82 Å². The first-order chi connectivity index (χ1) is 13.2. The van der Waals surface area contributed by atoms with Crippen molar-refractivity contribution in [1.82, 2.24) is 14.9 Å². The number of amides is 1. The Bertz CT molecular complexity index is 926. The van der Waals surface area contributed by atoms with Crippen LogP contribution in [0.15, 0.2) is 59.3 Å². The van der Waals surface area contributed by atoms with Gasteiger partial charge < -0.3 is 9.32 Å². The lowest BCUT2D eigenvalue weighted by atomic mass is 9.97. The standard InChI is InChI=1S/C21H20FN3O2/c22-17-7-3-5-15(11-17)12-18-13-24-20(27-18)16-6-4-10-25(14-16)21(26)19-8-1-2-9-23-19/h1-3,5,7-9,11,13,16H,4,6,10,12,14H2/t16-/m1/s1. The van der Waals surface area contributed by atoms with Gasteiger partial charge in [0.25, 0.3) is 5.91 Å². The van der Waals surface area contributed by atoms with Gasteiger partial charge in [-0.2, -0.15) is 0 Å². The average Bonchev–Trinajstić information content (AvgIpc) is 3.17. The van der Waals surface area contributed by atoms with Gasteiger partial charge in [-0.1, -0.05) is 18.2 Å². The van der Waals surface area contributed by atoms with E-state index in [4.69, 9.17) is 4.42 Å². The molecule has 4 rings (SSSR count). The number of nitrogens with zero attached hydrogens (tertiary/aromatic N) is 3. The highest BCUT2D eigenvalue weighted by Crippen LogP contribution is 2.28. The van der Waals surface area contributed by atoms with Gasteiger partial charge in [0.15, 0.2) is 5.89 Å². The van der Waals surface area contributed by atoms with Gasteiger partial charge in [-0.15, -0.1) is 0 Å². The van der Waals surface area contributed by atoms with Crippen LogP contribution in [0.2, 0.25) is 0 Å². The molecule has 1 atom stereocenters. The Morgan fingerprint density at radius 3 is 2.96 bits per heavy atom. The predicted octanol–water partition coefficient (Wildman–Crippen LogP) is 3.82. The van der Waals surface area contributed by atoms with Crippen molar-refractivity contribution < 1.29 is 13.6 Å². The van der Waals surface area contributed by atoms with Gasteiger partial charge in [0.05, 0.1) is 12.1 Å². The van der Waals surface area contributed by atoms with Crippen molar-refractivity contribution in [1.29, 1.82) is 0 Å². The van der Waals surface area contributed by atoms with Crippen LogP contribution in [0.3, 0.4) is 0 Å². The molecule has 5 nitrogen and oxygen atoms in total. The molecule has 0 bridgehead atoms. The third-order valence-corrected chi connectivity index (χ3v) is 4.78. The number of benzene rings is 1. The molecule has 3 aromatic rings. The Morgan fingerprint density at radius 2 is 2.15 bits per heavy atom. The summed E-state index contributed by atoms with van der Waals surface area (Å²) < 4.78 is 19.2. The quantitative estimate of drug-likeness (QED) is 0.705. The molecule has 0 radical (unpaired) electrons. The Kier molecular flexibility index (Phi) is 4.96. The van der Waals surface area contributed by atoms with E-state index in [2.05, 4.69) is 9.97 Å². The lowest BCUT2D eigenvalue weighted by molar-refractivity contribution is 0.0692. The van der Waals surface area contributed by atoms with Crippen LogP contribution >= 0.6 is 0 Å². The molecular weight excluding hydrogens is 345 g/mol. The molecule has 6 heteroatoms. The number of carbonyl (C=O) groups is 1. The van der Waals surface area contributed by atoms with Gasteiger partial charge in [-0.05, 0) is 42.7 Å². The molecule has 1 aliphatic rings. The Hall–Kier alpha value is -3.02. The van der Waals surface area contributed by atoms with E-state index < -0.39 is 0 Å². The third-order valence-electron chi connectivity index (χ3n) is 4.78. The minimum Gasteiger partial charge on any atom is -0.445 e. The number of oxazole rings is 1. The summed E-state index contributed by atoms with van der Waals surface area (Å²) >= 11 is 0. The zero-order valence-corrected chi connectivity index (χ0v) is 14.8. The van der Waals surface area contributed by atoms with E-state index in [0.29, 0.717) is 36.9 Å². The molecule has 1 fully saturated rings. The molecule has 0 aliphatic carbocycles. The van der Waals surface area contributed by atoms with Gasteiger partial charge in [-0.25, -0.2) is 9.37 Å². The van der Waals surface area contributed by atoms with E-state index in [-0.39, 0.29) is 17.6 Å². The molecule has 0 spiro atoms. The normalized spacial score (nSPS) is 17.1. The summed E-state index contributed by atoms with van der Waals surface area (Å²) in [5.41, 5.74) is 1.30. The average molecular weight is 365 g/mol. The molecule has 27 heavy (non-hydrogen) atoms. The topological polar surface area (TPSA) is 59.2 Å². The van der Waals surface area contributed by atoms with E-state index in [1.54, 1.807) is 30.6 Å². The summed E-state index contributed by atoms with van der Waals surface area (Å²) in [5, 5.41) is 0. The summed E-state index contributed by atoms with van der Waals surface area (Å²) in [4.78, 5) is 23.0. The van der Waals surface area contributed by atoms with E-state index >= 15 is 0 Å². The second kappa shape index (κ2) is 7.70. The summed E-state index contributed by atoms with van der Waals surface area (Å²) in [6, 6.07) is 11.8. The van der Waals surface area contributed by atoms with Crippen molar-refractivity contribution in [3.05, 3.63) is 83.6 Å². The Balaban J connectivity index is 1.44. The fraction of sp³-hybridized carbons (Fsp3) is 0.286. The van der Waals surface area contributed by atoms with Crippen LogP contribution < -0.4 is 0 Å². The molecule has 2 aromatic heterocycles. The predicted molar refractivity (Wildman–Crippen MR) is 97.8 cm³/mol. The smallest absolute Gasteiger partial charge is 0.272 e. The highest BCUT2D eigenvalue weighted by Gasteiger charge is 2.28. The van der Waals surface area contributed by atoms with E-state index in [1.807, 2.05) is 17.0 Å². The van der Waals surface area contributed by atoms with Crippen molar-refractivity contribution in [2.24, 2.45) is 0 Å². The van der Waals surface area contributed by atoms with Gasteiger partial charge in [0.1, 0.15) is 17.3 Å². The lowest BCUT2D eigenvalue weighted by Crippen LogP contribution is -2.39. The number of carbonyl (C=O) groups excluding carboxylic acids is 1. The number of aromatic nitrogens is 2. The molecule has 1 aromatic carbocycles. The first-order valence-electron chi connectivity index (χ1n) is 9.08. The number of pyridine rings is 1. The van der Waals surface area contributed by atoms with Crippen molar-refractivity contribution in [2.75, 3.05) is 13.1 Å². The maximum absolute atomic E-state index is 13.3. The van der Waals surface area contributed by atoms with Crippen LogP contribution in [0.5, 0.6) is 0 Å². The second-order valence-corrected chi connectivity index (χ2v) is 6.78. The lowest BCUT2D eigenvalue weighted by Gasteiger charge is -2.31. The van der Waals surface area contributed by atoms with Crippen molar-refractivity contribution in [3.63, 3.8) is 0 Å². The van der Waals surface area contributed by atoms with Gasteiger partial charge in [0, 0.05) is 25.7 Å².